The van der Waals surface area contributed by atoms with Crippen molar-refractivity contribution < 1.29 is 14.4 Å². The Labute approximate surface area is 148 Å². The number of benzene rings is 1. The zero-order valence-electron chi connectivity index (χ0n) is 14.9. The van der Waals surface area contributed by atoms with Crippen LogP contribution in [-0.2, 0) is 4.79 Å². The van der Waals surface area contributed by atoms with Gasteiger partial charge in [0.05, 0.1) is 0 Å². The van der Waals surface area contributed by atoms with E-state index in [1.165, 1.54) is 6.92 Å². The molecule has 4 amide bonds. The van der Waals surface area contributed by atoms with Crippen molar-refractivity contribution in [1.29, 1.82) is 0 Å². The first-order chi connectivity index (χ1) is 12.0. The fourth-order valence-electron chi connectivity index (χ4n) is 2.78. The van der Waals surface area contributed by atoms with Gasteiger partial charge in [0.1, 0.15) is 0 Å². The van der Waals surface area contributed by atoms with Crippen LogP contribution in [0, 0.1) is 0 Å². The van der Waals surface area contributed by atoms with Crippen LogP contribution >= 0.6 is 0 Å². The van der Waals surface area contributed by atoms with Crippen molar-refractivity contribution >= 4 is 23.5 Å². The average Bonchev–Trinajstić information content (AvgIpc) is 2.85. The number of hydrogen-bond donors (Lipinski definition) is 2. The molecule has 1 heterocycles. The number of carbonyl (C=O) groups excluding carboxylic acids is 3. The lowest BCUT2D eigenvalue weighted by molar-refractivity contribution is -0.114. The Morgan fingerprint density at radius 3 is 2.52 bits per heavy atom. The Morgan fingerprint density at radius 1 is 1.08 bits per heavy atom. The molecule has 1 saturated heterocycles. The molecule has 0 atom stereocenters. The lowest BCUT2D eigenvalue weighted by Gasteiger charge is -2.22. The Morgan fingerprint density at radius 2 is 1.80 bits per heavy atom. The monoisotopic (exact) mass is 346 g/mol. The second-order valence-electron chi connectivity index (χ2n) is 6.13. The molecule has 7 heteroatoms. The smallest absolute Gasteiger partial charge is 0.317 e. The van der Waals surface area contributed by atoms with E-state index in [2.05, 4.69) is 10.6 Å². The third kappa shape index (κ3) is 5.48. The first-order valence-electron chi connectivity index (χ1n) is 8.71. The third-order valence-corrected chi connectivity index (χ3v) is 4.03. The number of amides is 4. The van der Waals surface area contributed by atoms with Crippen molar-refractivity contribution in [2.24, 2.45) is 0 Å². The van der Waals surface area contributed by atoms with E-state index < -0.39 is 0 Å². The molecule has 136 valence electrons. The summed E-state index contributed by atoms with van der Waals surface area (Å²) >= 11 is 0. The van der Waals surface area contributed by atoms with E-state index in [1.54, 1.807) is 34.1 Å². The molecular formula is C18H26N4O3. The van der Waals surface area contributed by atoms with Crippen molar-refractivity contribution in [3.05, 3.63) is 29.8 Å². The van der Waals surface area contributed by atoms with Gasteiger partial charge in [-0.25, -0.2) is 4.79 Å². The van der Waals surface area contributed by atoms with Gasteiger partial charge in [-0.1, -0.05) is 13.0 Å². The third-order valence-electron chi connectivity index (χ3n) is 4.03. The van der Waals surface area contributed by atoms with Crippen LogP contribution in [0.4, 0.5) is 10.5 Å². The second kappa shape index (κ2) is 9.05. The van der Waals surface area contributed by atoms with E-state index in [-0.39, 0.29) is 17.8 Å². The van der Waals surface area contributed by atoms with Gasteiger partial charge in [-0.15, -0.1) is 0 Å². The number of hydrogen-bond acceptors (Lipinski definition) is 3. The molecule has 25 heavy (non-hydrogen) atoms. The number of nitrogens with zero attached hydrogens (tertiary/aromatic N) is 2. The molecule has 1 aliphatic rings. The number of rotatable bonds is 4. The Hall–Kier alpha value is -2.57. The van der Waals surface area contributed by atoms with Gasteiger partial charge in [0.2, 0.25) is 5.91 Å². The van der Waals surface area contributed by atoms with Crippen LogP contribution in [0.1, 0.15) is 37.0 Å². The fourth-order valence-corrected chi connectivity index (χ4v) is 2.78. The Balaban J connectivity index is 1.98. The molecule has 2 rings (SSSR count). The maximum Gasteiger partial charge on any atom is 0.317 e. The number of urea groups is 1. The molecule has 0 bridgehead atoms. The molecule has 0 saturated carbocycles. The predicted molar refractivity (Wildman–Crippen MR) is 96.5 cm³/mol. The Bertz CT molecular complexity index is 633. The summed E-state index contributed by atoms with van der Waals surface area (Å²) in [5.41, 5.74) is 1.14. The van der Waals surface area contributed by atoms with E-state index in [0.29, 0.717) is 44.0 Å². The normalized spacial score (nSPS) is 14.6. The van der Waals surface area contributed by atoms with E-state index in [0.717, 1.165) is 12.8 Å². The highest BCUT2D eigenvalue weighted by Crippen LogP contribution is 2.14. The van der Waals surface area contributed by atoms with Crippen molar-refractivity contribution in [2.45, 2.75) is 26.7 Å². The molecule has 0 aliphatic carbocycles. The molecule has 1 aromatic rings. The molecule has 0 radical (unpaired) electrons. The first-order valence-corrected chi connectivity index (χ1v) is 8.71. The molecule has 0 aromatic heterocycles. The summed E-state index contributed by atoms with van der Waals surface area (Å²) < 4.78 is 0. The van der Waals surface area contributed by atoms with Crippen LogP contribution in [0.15, 0.2) is 24.3 Å². The van der Waals surface area contributed by atoms with E-state index in [9.17, 15) is 14.4 Å². The molecule has 1 aromatic carbocycles. The summed E-state index contributed by atoms with van der Waals surface area (Å²) in [4.78, 5) is 39.5. The minimum atomic E-state index is -0.173. The van der Waals surface area contributed by atoms with Crippen molar-refractivity contribution in [1.82, 2.24) is 15.1 Å². The highest BCUT2D eigenvalue weighted by Gasteiger charge is 2.22. The van der Waals surface area contributed by atoms with Gasteiger partial charge in [-0.05, 0) is 31.0 Å². The second-order valence-corrected chi connectivity index (χ2v) is 6.13. The highest BCUT2D eigenvalue weighted by molar-refractivity contribution is 5.96. The van der Waals surface area contributed by atoms with Crippen LogP contribution < -0.4 is 10.6 Å². The largest absolute Gasteiger partial charge is 0.338 e. The summed E-state index contributed by atoms with van der Waals surface area (Å²) in [7, 11) is 0. The first kappa shape index (κ1) is 18.8. The number of anilines is 1. The van der Waals surface area contributed by atoms with Crippen LogP contribution in [0.5, 0.6) is 0 Å². The number of carbonyl (C=O) groups is 3. The molecule has 1 aliphatic heterocycles. The molecule has 0 spiro atoms. The highest BCUT2D eigenvalue weighted by atomic mass is 16.2. The van der Waals surface area contributed by atoms with Crippen LogP contribution in [0.2, 0.25) is 0 Å². The standard InChI is InChI=1S/C18H26N4O3/c1-3-8-19-18(25)22-10-5-9-21(11-12-22)17(24)15-6-4-7-16(13-15)20-14(2)23/h4,6-7,13H,3,5,8-12H2,1-2H3,(H,19,25)(H,20,23). The quantitative estimate of drug-likeness (QED) is 0.874. The average molecular weight is 346 g/mol. The maximum absolute atomic E-state index is 12.7. The van der Waals surface area contributed by atoms with Crippen LogP contribution in [0.3, 0.4) is 0 Å². The van der Waals surface area contributed by atoms with Crippen molar-refractivity contribution in [2.75, 3.05) is 38.0 Å². The minimum Gasteiger partial charge on any atom is -0.338 e. The molecule has 1 fully saturated rings. The van der Waals surface area contributed by atoms with Gasteiger partial charge in [-0.3, -0.25) is 9.59 Å². The van der Waals surface area contributed by atoms with Gasteiger partial charge in [-0.2, -0.15) is 0 Å². The minimum absolute atomic E-state index is 0.0659. The number of nitrogens with one attached hydrogen (secondary N) is 2. The zero-order chi connectivity index (χ0) is 18.2. The Kier molecular flexibility index (Phi) is 6.80. The maximum atomic E-state index is 12.7. The molecular weight excluding hydrogens is 320 g/mol. The molecule has 7 nitrogen and oxygen atoms in total. The lowest BCUT2D eigenvalue weighted by Crippen LogP contribution is -2.42. The summed E-state index contributed by atoms with van der Waals surface area (Å²) in [6, 6.07) is 6.86. The zero-order valence-corrected chi connectivity index (χ0v) is 14.9. The summed E-state index contributed by atoms with van der Waals surface area (Å²) in [6.45, 7) is 6.38. The van der Waals surface area contributed by atoms with E-state index >= 15 is 0 Å². The van der Waals surface area contributed by atoms with Gasteiger partial charge >= 0.3 is 6.03 Å². The van der Waals surface area contributed by atoms with Gasteiger partial charge in [0, 0.05) is 50.9 Å². The van der Waals surface area contributed by atoms with Crippen LogP contribution in [-0.4, -0.2) is 60.4 Å². The fraction of sp³-hybridized carbons (Fsp3) is 0.500. The predicted octanol–water partition coefficient (Wildman–Crippen LogP) is 1.91. The van der Waals surface area contributed by atoms with Gasteiger partial charge in [0.15, 0.2) is 0 Å². The molecule has 0 unspecified atom stereocenters. The summed E-state index contributed by atoms with van der Waals surface area (Å²) in [6.07, 6.45) is 1.64. The van der Waals surface area contributed by atoms with Gasteiger partial charge < -0.3 is 20.4 Å². The van der Waals surface area contributed by atoms with Gasteiger partial charge in [0.25, 0.3) is 5.91 Å². The summed E-state index contributed by atoms with van der Waals surface area (Å²) in [5.74, 6) is -0.254. The lowest BCUT2D eigenvalue weighted by atomic mass is 10.1. The summed E-state index contributed by atoms with van der Waals surface area (Å²) in [5, 5.41) is 5.56. The van der Waals surface area contributed by atoms with Crippen molar-refractivity contribution in [3.63, 3.8) is 0 Å². The van der Waals surface area contributed by atoms with Crippen molar-refractivity contribution in [3.8, 4) is 0 Å². The van der Waals surface area contributed by atoms with E-state index in [1.807, 2.05) is 6.92 Å². The van der Waals surface area contributed by atoms with E-state index in [4.69, 9.17) is 0 Å². The molecule has 2 N–H and O–H groups in total. The van der Waals surface area contributed by atoms with Crippen LogP contribution in [0.25, 0.3) is 0 Å². The topological polar surface area (TPSA) is 81.8 Å². The SMILES string of the molecule is CCCNC(=O)N1CCCN(C(=O)c2cccc(NC(C)=O)c2)CC1.